The number of carbonyl (C=O) groups excluding carboxylic acids is 1. The first-order valence-corrected chi connectivity index (χ1v) is 7.82. The Bertz CT molecular complexity index is 243. The molecule has 1 atom stereocenters. The zero-order chi connectivity index (χ0) is 12.6. The van der Waals surface area contributed by atoms with Crippen molar-refractivity contribution in [2.45, 2.75) is 57.8 Å². The van der Waals surface area contributed by atoms with Crippen LogP contribution in [0.5, 0.6) is 0 Å². The van der Waals surface area contributed by atoms with E-state index < -0.39 is 0 Å². The minimum atomic E-state index is 0.270. The normalized spacial score (nSPS) is 25.2. The van der Waals surface area contributed by atoms with E-state index in [4.69, 9.17) is 0 Å². The summed E-state index contributed by atoms with van der Waals surface area (Å²) in [5.74, 6) is 1.87. The maximum atomic E-state index is 11.7. The fourth-order valence-corrected chi connectivity index (χ4v) is 3.28. The van der Waals surface area contributed by atoms with Gasteiger partial charge in [0.15, 0.2) is 0 Å². The van der Waals surface area contributed by atoms with E-state index in [1.807, 2.05) is 0 Å². The van der Waals surface area contributed by atoms with E-state index >= 15 is 0 Å². The van der Waals surface area contributed by atoms with Crippen LogP contribution >= 0.6 is 0 Å². The molecule has 0 aromatic rings. The largest absolute Gasteiger partial charge is 0.356 e. The lowest BCUT2D eigenvalue weighted by Crippen LogP contribution is -2.26. The summed E-state index contributed by atoms with van der Waals surface area (Å²) in [5.41, 5.74) is 0. The number of hydrogen-bond donors (Lipinski definition) is 2. The monoisotopic (exact) mass is 252 g/mol. The molecule has 0 bridgehead atoms. The Hall–Kier alpha value is -0.570. The summed E-state index contributed by atoms with van der Waals surface area (Å²) in [4.78, 5) is 11.7. The summed E-state index contributed by atoms with van der Waals surface area (Å²) >= 11 is 0. The van der Waals surface area contributed by atoms with Gasteiger partial charge in [0.2, 0.25) is 5.91 Å². The Balaban J connectivity index is 1.49. The van der Waals surface area contributed by atoms with Gasteiger partial charge >= 0.3 is 0 Å². The van der Waals surface area contributed by atoms with E-state index in [1.54, 1.807) is 0 Å². The Labute approximate surface area is 111 Å². The lowest BCUT2D eigenvalue weighted by molar-refractivity contribution is -0.121. The van der Waals surface area contributed by atoms with Gasteiger partial charge in [-0.1, -0.05) is 32.1 Å². The molecular weight excluding hydrogens is 224 g/mol. The Morgan fingerprint density at radius 3 is 2.61 bits per heavy atom. The van der Waals surface area contributed by atoms with Crippen molar-refractivity contribution in [2.24, 2.45) is 11.8 Å². The number of hydrogen-bond acceptors (Lipinski definition) is 2. The Morgan fingerprint density at radius 2 is 1.89 bits per heavy atom. The molecule has 0 aromatic carbocycles. The van der Waals surface area contributed by atoms with Crippen molar-refractivity contribution in [1.29, 1.82) is 0 Å². The first-order valence-electron chi connectivity index (χ1n) is 7.82. The molecule has 1 amide bonds. The van der Waals surface area contributed by atoms with Crippen molar-refractivity contribution < 1.29 is 4.79 Å². The fourth-order valence-electron chi connectivity index (χ4n) is 3.28. The number of carbonyl (C=O) groups is 1. The van der Waals surface area contributed by atoms with Crippen LogP contribution in [0.2, 0.25) is 0 Å². The van der Waals surface area contributed by atoms with Crippen LogP contribution in [0.15, 0.2) is 0 Å². The molecule has 2 fully saturated rings. The molecule has 3 heteroatoms. The molecule has 2 rings (SSSR count). The van der Waals surface area contributed by atoms with Crippen LogP contribution in [-0.4, -0.2) is 25.5 Å². The Morgan fingerprint density at radius 1 is 1.06 bits per heavy atom. The molecule has 0 radical (unpaired) electrons. The highest BCUT2D eigenvalue weighted by Gasteiger charge is 2.16. The van der Waals surface area contributed by atoms with Gasteiger partial charge in [-0.25, -0.2) is 0 Å². The minimum Gasteiger partial charge on any atom is -0.356 e. The molecule has 104 valence electrons. The van der Waals surface area contributed by atoms with Gasteiger partial charge in [0.1, 0.15) is 0 Å². The van der Waals surface area contributed by atoms with Crippen LogP contribution < -0.4 is 10.6 Å². The van der Waals surface area contributed by atoms with Gasteiger partial charge in [0.05, 0.1) is 0 Å². The number of nitrogens with one attached hydrogen (secondary N) is 2. The standard InChI is InChI=1S/C15H28N2O/c18-15(7-6-13-4-2-1-3-5-13)17-11-9-14-8-10-16-12-14/h13-14,16H,1-12H2,(H,17,18). The van der Waals surface area contributed by atoms with E-state index in [0.29, 0.717) is 0 Å². The second-order valence-electron chi connectivity index (χ2n) is 6.04. The van der Waals surface area contributed by atoms with Gasteiger partial charge in [-0.2, -0.15) is 0 Å². The van der Waals surface area contributed by atoms with Crippen molar-refractivity contribution in [3.05, 3.63) is 0 Å². The zero-order valence-electron chi connectivity index (χ0n) is 11.5. The zero-order valence-corrected chi connectivity index (χ0v) is 11.5. The smallest absolute Gasteiger partial charge is 0.220 e. The molecule has 1 saturated carbocycles. The third-order valence-corrected chi connectivity index (χ3v) is 4.54. The molecule has 1 unspecified atom stereocenters. The van der Waals surface area contributed by atoms with Gasteiger partial charge < -0.3 is 10.6 Å². The highest BCUT2D eigenvalue weighted by Crippen LogP contribution is 2.27. The first kappa shape index (κ1) is 13.9. The van der Waals surface area contributed by atoms with Crippen molar-refractivity contribution in [3.8, 4) is 0 Å². The van der Waals surface area contributed by atoms with Gasteiger partial charge in [-0.15, -0.1) is 0 Å². The molecule has 2 N–H and O–H groups in total. The van der Waals surface area contributed by atoms with E-state index in [9.17, 15) is 4.79 Å². The second-order valence-corrected chi connectivity index (χ2v) is 6.04. The molecule has 1 saturated heterocycles. The maximum absolute atomic E-state index is 11.7. The molecule has 3 nitrogen and oxygen atoms in total. The van der Waals surface area contributed by atoms with Crippen molar-refractivity contribution >= 4 is 5.91 Å². The highest BCUT2D eigenvalue weighted by atomic mass is 16.1. The first-order chi connectivity index (χ1) is 8.84. The molecular formula is C15H28N2O. The fraction of sp³-hybridized carbons (Fsp3) is 0.933. The lowest BCUT2D eigenvalue weighted by Gasteiger charge is -2.21. The number of rotatable bonds is 6. The van der Waals surface area contributed by atoms with Gasteiger partial charge in [0, 0.05) is 13.0 Å². The summed E-state index contributed by atoms with van der Waals surface area (Å²) < 4.78 is 0. The van der Waals surface area contributed by atoms with Crippen molar-refractivity contribution in [3.63, 3.8) is 0 Å². The van der Waals surface area contributed by atoms with Crippen LogP contribution in [0.4, 0.5) is 0 Å². The van der Waals surface area contributed by atoms with Gasteiger partial charge in [0.25, 0.3) is 0 Å². The van der Waals surface area contributed by atoms with Crippen LogP contribution in [0.1, 0.15) is 57.8 Å². The highest BCUT2D eigenvalue weighted by molar-refractivity contribution is 5.75. The molecule has 2 aliphatic rings. The molecule has 0 spiro atoms. The molecule has 1 aliphatic carbocycles. The van der Waals surface area contributed by atoms with E-state index in [-0.39, 0.29) is 5.91 Å². The summed E-state index contributed by atoms with van der Waals surface area (Å²) in [6, 6.07) is 0. The third kappa shape index (κ3) is 4.97. The van der Waals surface area contributed by atoms with Gasteiger partial charge in [-0.3, -0.25) is 4.79 Å². The second kappa shape index (κ2) is 7.78. The third-order valence-electron chi connectivity index (χ3n) is 4.54. The maximum Gasteiger partial charge on any atom is 0.220 e. The van der Waals surface area contributed by atoms with E-state index in [0.717, 1.165) is 50.7 Å². The average Bonchev–Trinajstić information content (AvgIpc) is 2.91. The summed E-state index contributed by atoms with van der Waals surface area (Å²) in [7, 11) is 0. The molecule has 1 heterocycles. The number of amides is 1. The topological polar surface area (TPSA) is 41.1 Å². The predicted octanol–water partition coefficient (Wildman–Crippen LogP) is 2.46. The molecule has 0 aromatic heterocycles. The lowest BCUT2D eigenvalue weighted by atomic mass is 9.86. The van der Waals surface area contributed by atoms with Crippen molar-refractivity contribution in [1.82, 2.24) is 10.6 Å². The van der Waals surface area contributed by atoms with Crippen molar-refractivity contribution in [2.75, 3.05) is 19.6 Å². The molecule has 18 heavy (non-hydrogen) atoms. The van der Waals surface area contributed by atoms with Gasteiger partial charge in [-0.05, 0) is 44.2 Å². The summed E-state index contributed by atoms with van der Waals surface area (Å²) in [6.07, 6.45) is 11.1. The van der Waals surface area contributed by atoms with Crippen LogP contribution in [0.3, 0.4) is 0 Å². The summed E-state index contributed by atoms with van der Waals surface area (Å²) in [6.45, 7) is 3.16. The molecule has 1 aliphatic heterocycles. The summed E-state index contributed by atoms with van der Waals surface area (Å²) in [5, 5.41) is 6.45. The van der Waals surface area contributed by atoms with Crippen LogP contribution in [-0.2, 0) is 4.79 Å². The quantitative estimate of drug-likeness (QED) is 0.762. The predicted molar refractivity (Wildman–Crippen MR) is 74.4 cm³/mol. The van der Waals surface area contributed by atoms with Crippen LogP contribution in [0, 0.1) is 11.8 Å². The van der Waals surface area contributed by atoms with Crippen LogP contribution in [0.25, 0.3) is 0 Å². The minimum absolute atomic E-state index is 0.270. The van der Waals surface area contributed by atoms with E-state index in [1.165, 1.54) is 38.5 Å². The average molecular weight is 252 g/mol. The Kier molecular flexibility index (Phi) is 5.98. The van der Waals surface area contributed by atoms with E-state index in [2.05, 4.69) is 10.6 Å². The SMILES string of the molecule is O=C(CCC1CCCCC1)NCCC1CCNC1.